The van der Waals surface area contributed by atoms with E-state index >= 15 is 0 Å². The van der Waals surface area contributed by atoms with Crippen LogP contribution in [0, 0.1) is 12.3 Å². The molecule has 3 heteroatoms. The molecule has 1 heterocycles. The molecule has 0 spiro atoms. The molecule has 0 amide bonds. The van der Waals surface area contributed by atoms with E-state index < -0.39 is 0 Å². The third kappa shape index (κ3) is 4.38. The molecule has 0 unspecified atom stereocenters. The zero-order valence-corrected chi connectivity index (χ0v) is 11.6. The first kappa shape index (κ1) is 14.5. The van der Waals surface area contributed by atoms with Crippen LogP contribution in [0.5, 0.6) is 0 Å². The van der Waals surface area contributed by atoms with Crippen molar-refractivity contribution < 1.29 is 0 Å². The Labute approximate surface area is 111 Å². The van der Waals surface area contributed by atoms with Crippen molar-refractivity contribution in [3.05, 3.63) is 23.9 Å². The van der Waals surface area contributed by atoms with Crippen molar-refractivity contribution >= 4 is 5.82 Å². The van der Waals surface area contributed by atoms with Crippen molar-refractivity contribution in [3.63, 3.8) is 0 Å². The Morgan fingerprint density at radius 2 is 2.28 bits per heavy atom. The quantitative estimate of drug-likeness (QED) is 0.748. The maximum Gasteiger partial charge on any atom is 0.133 e. The van der Waals surface area contributed by atoms with Gasteiger partial charge in [0.2, 0.25) is 0 Å². The molecule has 0 atom stereocenters. The van der Waals surface area contributed by atoms with Gasteiger partial charge in [-0.15, -0.1) is 6.42 Å². The van der Waals surface area contributed by atoms with Crippen LogP contribution < -0.4 is 10.2 Å². The molecule has 0 aromatic carbocycles. The molecule has 0 aliphatic heterocycles. The lowest BCUT2D eigenvalue weighted by Gasteiger charge is -2.23. The van der Waals surface area contributed by atoms with E-state index in [2.05, 4.69) is 48.0 Å². The van der Waals surface area contributed by atoms with E-state index in [-0.39, 0.29) is 0 Å². The van der Waals surface area contributed by atoms with Crippen molar-refractivity contribution in [3.8, 4) is 12.3 Å². The monoisotopic (exact) mass is 245 g/mol. The molecule has 1 aromatic heterocycles. The fraction of sp³-hybridized carbons (Fsp3) is 0.533. The first-order valence-corrected chi connectivity index (χ1v) is 6.54. The van der Waals surface area contributed by atoms with Gasteiger partial charge in [-0.1, -0.05) is 32.8 Å². The number of nitrogens with zero attached hydrogens (tertiary/aromatic N) is 2. The molecule has 98 valence electrons. The van der Waals surface area contributed by atoms with Crippen LogP contribution in [0.4, 0.5) is 5.82 Å². The molecule has 1 N–H and O–H groups in total. The number of rotatable bonds is 7. The van der Waals surface area contributed by atoms with Gasteiger partial charge in [0, 0.05) is 30.9 Å². The van der Waals surface area contributed by atoms with Crippen molar-refractivity contribution in [1.29, 1.82) is 0 Å². The highest BCUT2D eigenvalue weighted by atomic mass is 15.2. The molecule has 0 radical (unpaired) electrons. The molecule has 3 nitrogen and oxygen atoms in total. The molecule has 0 bridgehead atoms. The summed E-state index contributed by atoms with van der Waals surface area (Å²) in [5, 5.41) is 3.42. The number of hydrogen-bond acceptors (Lipinski definition) is 3. The van der Waals surface area contributed by atoms with Crippen LogP contribution in [0.1, 0.15) is 32.8 Å². The number of pyridine rings is 1. The van der Waals surface area contributed by atoms with E-state index in [0.717, 1.165) is 25.3 Å². The van der Waals surface area contributed by atoms with E-state index in [0.29, 0.717) is 12.6 Å². The molecule has 0 aliphatic rings. The summed E-state index contributed by atoms with van der Waals surface area (Å²) in [6.07, 6.45) is 8.33. The predicted molar refractivity (Wildman–Crippen MR) is 77.5 cm³/mol. The van der Waals surface area contributed by atoms with E-state index in [1.807, 2.05) is 12.3 Å². The minimum atomic E-state index is 0.463. The summed E-state index contributed by atoms with van der Waals surface area (Å²) < 4.78 is 0. The van der Waals surface area contributed by atoms with Crippen LogP contribution in [0.3, 0.4) is 0 Å². The molecular formula is C15H23N3. The average molecular weight is 245 g/mol. The van der Waals surface area contributed by atoms with Crippen LogP contribution in [-0.4, -0.2) is 24.1 Å². The van der Waals surface area contributed by atoms with Gasteiger partial charge in [0.05, 0.1) is 6.54 Å². The van der Waals surface area contributed by atoms with Crippen LogP contribution in [0.2, 0.25) is 0 Å². The van der Waals surface area contributed by atoms with Gasteiger partial charge in [0.25, 0.3) is 0 Å². The smallest absolute Gasteiger partial charge is 0.133 e. The van der Waals surface area contributed by atoms with E-state index in [1.54, 1.807) is 0 Å². The van der Waals surface area contributed by atoms with Gasteiger partial charge in [-0.2, -0.15) is 0 Å². The number of anilines is 1. The number of aromatic nitrogens is 1. The molecular weight excluding hydrogens is 222 g/mol. The summed E-state index contributed by atoms with van der Waals surface area (Å²) in [7, 11) is 0. The van der Waals surface area contributed by atoms with Gasteiger partial charge in [0.15, 0.2) is 0 Å². The molecule has 0 saturated heterocycles. The van der Waals surface area contributed by atoms with Crippen molar-refractivity contribution in [2.75, 3.05) is 18.0 Å². The minimum Gasteiger partial charge on any atom is -0.345 e. The highest BCUT2D eigenvalue weighted by Gasteiger charge is 2.10. The zero-order valence-electron chi connectivity index (χ0n) is 11.6. The Bertz CT molecular complexity index is 393. The molecule has 0 saturated carbocycles. The molecule has 1 rings (SSSR count). The van der Waals surface area contributed by atoms with Crippen LogP contribution in [0.25, 0.3) is 0 Å². The number of nitrogens with one attached hydrogen (secondary N) is 1. The first-order valence-electron chi connectivity index (χ1n) is 6.54. The van der Waals surface area contributed by atoms with Gasteiger partial charge in [-0.25, -0.2) is 4.98 Å². The predicted octanol–water partition coefficient (Wildman–Crippen LogP) is 2.43. The third-order valence-corrected chi connectivity index (χ3v) is 2.64. The lowest BCUT2D eigenvalue weighted by atomic mass is 10.2. The highest BCUT2D eigenvalue weighted by Crippen LogP contribution is 2.17. The second-order valence-corrected chi connectivity index (χ2v) is 4.65. The van der Waals surface area contributed by atoms with Crippen molar-refractivity contribution in [2.24, 2.45) is 0 Å². The van der Waals surface area contributed by atoms with Gasteiger partial charge in [-0.05, 0) is 12.5 Å². The first-order chi connectivity index (χ1) is 8.69. The zero-order chi connectivity index (χ0) is 13.4. The number of terminal acetylenes is 1. The Morgan fingerprint density at radius 3 is 2.89 bits per heavy atom. The van der Waals surface area contributed by atoms with E-state index in [9.17, 15) is 0 Å². The van der Waals surface area contributed by atoms with Gasteiger partial charge in [-0.3, -0.25) is 0 Å². The van der Waals surface area contributed by atoms with Crippen molar-refractivity contribution in [1.82, 2.24) is 10.3 Å². The summed E-state index contributed by atoms with van der Waals surface area (Å²) in [5.41, 5.74) is 1.20. The average Bonchev–Trinajstić information content (AvgIpc) is 2.36. The highest BCUT2D eigenvalue weighted by molar-refractivity contribution is 5.47. The normalized spacial score (nSPS) is 10.4. The fourth-order valence-corrected chi connectivity index (χ4v) is 1.81. The molecule has 1 aromatic rings. The van der Waals surface area contributed by atoms with E-state index in [4.69, 9.17) is 6.42 Å². The topological polar surface area (TPSA) is 28.2 Å². The standard InChI is InChI=1S/C15H23N3/c1-5-10-18(11-6-2)15-14(8-7-9-16-15)12-17-13(3)4/h1,7-9,13,17H,6,10-12H2,2-4H3. The van der Waals surface area contributed by atoms with Gasteiger partial charge < -0.3 is 10.2 Å². The Balaban J connectivity index is 2.87. The largest absolute Gasteiger partial charge is 0.345 e. The van der Waals surface area contributed by atoms with Crippen LogP contribution >= 0.6 is 0 Å². The maximum atomic E-state index is 5.43. The van der Waals surface area contributed by atoms with Crippen LogP contribution in [-0.2, 0) is 6.54 Å². The van der Waals surface area contributed by atoms with Gasteiger partial charge in [0.1, 0.15) is 5.82 Å². The fourth-order valence-electron chi connectivity index (χ4n) is 1.81. The summed E-state index contributed by atoms with van der Waals surface area (Å²) in [6, 6.07) is 4.54. The van der Waals surface area contributed by atoms with Crippen molar-refractivity contribution in [2.45, 2.75) is 39.8 Å². The summed E-state index contributed by atoms with van der Waals surface area (Å²) >= 11 is 0. The van der Waals surface area contributed by atoms with Crippen LogP contribution in [0.15, 0.2) is 18.3 Å². The molecule has 0 aliphatic carbocycles. The SMILES string of the molecule is C#CCN(CCC)c1ncccc1CNC(C)C. The summed E-state index contributed by atoms with van der Waals surface area (Å²) in [4.78, 5) is 6.65. The maximum absolute atomic E-state index is 5.43. The second-order valence-electron chi connectivity index (χ2n) is 4.65. The minimum absolute atomic E-state index is 0.463. The lowest BCUT2D eigenvalue weighted by molar-refractivity contribution is 0.586. The Kier molecular flexibility index (Phi) is 6.24. The summed E-state index contributed by atoms with van der Waals surface area (Å²) in [5.74, 6) is 3.71. The Hall–Kier alpha value is -1.53. The molecule has 18 heavy (non-hydrogen) atoms. The third-order valence-electron chi connectivity index (χ3n) is 2.64. The lowest BCUT2D eigenvalue weighted by Crippen LogP contribution is -2.29. The van der Waals surface area contributed by atoms with Gasteiger partial charge >= 0.3 is 0 Å². The van der Waals surface area contributed by atoms with E-state index in [1.165, 1.54) is 5.56 Å². The second kappa shape index (κ2) is 7.73. The molecule has 0 fully saturated rings. The Morgan fingerprint density at radius 1 is 1.50 bits per heavy atom. The number of hydrogen-bond donors (Lipinski definition) is 1. The summed E-state index contributed by atoms with van der Waals surface area (Å²) in [6.45, 7) is 8.81.